The maximum Gasteiger partial charge on any atom is 0.245 e. The van der Waals surface area contributed by atoms with Gasteiger partial charge in [0.2, 0.25) is 5.91 Å². The molecule has 1 aliphatic rings. The molecule has 1 amide bonds. The molecule has 0 N–H and O–H groups in total. The SMILES string of the molecule is O=C1C(Cl)C(CCl)CN1c1cccc(Br)c1. The Morgan fingerprint density at radius 1 is 1.50 bits per heavy atom. The normalized spacial score (nSPS) is 25.2. The van der Waals surface area contributed by atoms with Crippen molar-refractivity contribution in [3.63, 3.8) is 0 Å². The first-order valence-electron chi connectivity index (χ1n) is 4.90. The third-order valence-corrected chi connectivity index (χ3v) is 4.08. The van der Waals surface area contributed by atoms with Crippen LogP contribution >= 0.6 is 39.1 Å². The Morgan fingerprint density at radius 2 is 2.25 bits per heavy atom. The second kappa shape index (κ2) is 4.94. The second-order valence-electron chi connectivity index (χ2n) is 3.74. The zero-order valence-corrected chi connectivity index (χ0v) is 11.5. The van der Waals surface area contributed by atoms with Crippen molar-refractivity contribution in [3.8, 4) is 0 Å². The van der Waals surface area contributed by atoms with Crippen molar-refractivity contribution in [1.29, 1.82) is 0 Å². The van der Waals surface area contributed by atoms with Crippen molar-refractivity contribution < 1.29 is 4.79 Å². The highest BCUT2D eigenvalue weighted by Gasteiger charge is 2.39. The molecule has 86 valence electrons. The molecule has 1 aliphatic heterocycles. The number of rotatable bonds is 2. The van der Waals surface area contributed by atoms with E-state index in [1.807, 2.05) is 24.3 Å². The van der Waals surface area contributed by atoms with Crippen LogP contribution in [-0.2, 0) is 4.79 Å². The molecule has 2 nitrogen and oxygen atoms in total. The minimum atomic E-state index is -0.503. The first kappa shape index (κ1) is 12.2. The van der Waals surface area contributed by atoms with Crippen LogP contribution in [0.3, 0.4) is 0 Å². The molecule has 0 saturated carbocycles. The van der Waals surface area contributed by atoms with Crippen LogP contribution in [0, 0.1) is 5.92 Å². The van der Waals surface area contributed by atoms with Gasteiger partial charge in [-0.1, -0.05) is 22.0 Å². The van der Waals surface area contributed by atoms with Crippen LogP contribution < -0.4 is 4.90 Å². The summed E-state index contributed by atoms with van der Waals surface area (Å²) in [7, 11) is 0. The molecule has 1 aromatic rings. The summed E-state index contributed by atoms with van der Waals surface area (Å²) in [5, 5.41) is -0.503. The fourth-order valence-corrected chi connectivity index (χ4v) is 2.81. The zero-order valence-electron chi connectivity index (χ0n) is 8.37. The highest BCUT2D eigenvalue weighted by atomic mass is 79.9. The predicted octanol–water partition coefficient (Wildman–Crippen LogP) is 3.26. The van der Waals surface area contributed by atoms with Crippen LogP contribution in [0.4, 0.5) is 5.69 Å². The molecule has 5 heteroatoms. The number of benzene rings is 1. The average molecular weight is 323 g/mol. The van der Waals surface area contributed by atoms with Crippen molar-refractivity contribution in [2.75, 3.05) is 17.3 Å². The third-order valence-electron chi connectivity index (χ3n) is 2.65. The standard InChI is InChI=1S/C11H10BrCl2NO/c12-8-2-1-3-9(4-8)15-6-7(5-13)10(14)11(15)16/h1-4,7,10H,5-6H2. The molecule has 0 aliphatic carbocycles. The molecule has 1 heterocycles. The van der Waals surface area contributed by atoms with Gasteiger partial charge in [-0.05, 0) is 18.2 Å². The van der Waals surface area contributed by atoms with E-state index in [0.29, 0.717) is 12.4 Å². The molecule has 16 heavy (non-hydrogen) atoms. The first-order chi connectivity index (χ1) is 7.63. The number of amides is 1. The van der Waals surface area contributed by atoms with Gasteiger partial charge in [0.05, 0.1) is 0 Å². The smallest absolute Gasteiger partial charge is 0.245 e. The summed E-state index contributed by atoms with van der Waals surface area (Å²) in [6.45, 7) is 0.590. The van der Waals surface area contributed by atoms with Gasteiger partial charge in [0, 0.05) is 28.5 Å². The monoisotopic (exact) mass is 321 g/mol. The van der Waals surface area contributed by atoms with Crippen molar-refractivity contribution in [2.24, 2.45) is 5.92 Å². The number of hydrogen-bond donors (Lipinski definition) is 0. The van der Waals surface area contributed by atoms with Gasteiger partial charge in [-0.3, -0.25) is 4.79 Å². The van der Waals surface area contributed by atoms with Crippen molar-refractivity contribution in [3.05, 3.63) is 28.7 Å². The molecule has 2 atom stereocenters. The van der Waals surface area contributed by atoms with E-state index < -0.39 is 5.38 Å². The number of carbonyl (C=O) groups is 1. The van der Waals surface area contributed by atoms with Gasteiger partial charge in [0.1, 0.15) is 5.38 Å². The van der Waals surface area contributed by atoms with E-state index >= 15 is 0 Å². The summed E-state index contributed by atoms with van der Waals surface area (Å²) in [5.41, 5.74) is 0.859. The quantitative estimate of drug-likeness (QED) is 0.765. The van der Waals surface area contributed by atoms with E-state index in [1.54, 1.807) is 4.90 Å². The predicted molar refractivity (Wildman–Crippen MR) is 70.3 cm³/mol. The summed E-state index contributed by atoms with van der Waals surface area (Å²) in [6.07, 6.45) is 0. The van der Waals surface area contributed by atoms with Gasteiger partial charge in [0.15, 0.2) is 0 Å². The Labute approximate surface area is 113 Å². The molecular weight excluding hydrogens is 313 g/mol. The number of alkyl halides is 2. The van der Waals surface area contributed by atoms with E-state index in [1.165, 1.54) is 0 Å². The molecule has 1 fully saturated rings. The third kappa shape index (κ3) is 2.22. The van der Waals surface area contributed by atoms with Crippen molar-refractivity contribution >= 4 is 50.7 Å². The lowest BCUT2D eigenvalue weighted by Crippen LogP contribution is -2.27. The minimum Gasteiger partial charge on any atom is -0.311 e. The summed E-state index contributed by atoms with van der Waals surface area (Å²) in [6, 6.07) is 7.60. The van der Waals surface area contributed by atoms with Crippen LogP contribution in [0.1, 0.15) is 0 Å². The summed E-state index contributed by atoms with van der Waals surface area (Å²) >= 11 is 15.2. The van der Waals surface area contributed by atoms with Crippen molar-refractivity contribution in [1.82, 2.24) is 0 Å². The maximum atomic E-state index is 11.9. The number of hydrogen-bond acceptors (Lipinski definition) is 1. The molecule has 2 rings (SSSR count). The van der Waals surface area contributed by atoms with Gasteiger partial charge in [-0.15, -0.1) is 23.2 Å². The van der Waals surface area contributed by atoms with Crippen LogP contribution in [-0.4, -0.2) is 23.7 Å². The van der Waals surface area contributed by atoms with E-state index in [0.717, 1.165) is 10.2 Å². The van der Waals surface area contributed by atoms with Gasteiger partial charge in [-0.2, -0.15) is 0 Å². The Morgan fingerprint density at radius 3 is 2.81 bits per heavy atom. The van der Waals surface area contributed by atoms with E-state index in [-0.39, 0.29) is 11.8 Å². The Balaban J connectivity index is 2.26. The lowest BCUT2D eigenvalue weighted by atomic mass is 10.1. The van der Waals surface area contributed by atoms with Gasteiger partial charge >= 0.3 is 0 Å². The van der Waals surface area contributed by atoms with E-state index in [9.17, 15) is 4.79 Å². The van der Waals surface area contributed by atoms with Gasteiger partial charge in [-0.25, -0.2) is 0 Å². The Bertz CT molecular complexity index is 413. The summed E-state index contributed by atoms with van der Waals surface area (Å²) in [5.74, 6) is 0.366. The number of anilines is 1. The van der Waals surface area contributed by atoms with Crippen molar-refractivity contribution in [2.45, 2.75) is 5.38 Å². The molecule has 2 unspecified atom stereocenters. The summed E-state index contributed by atoms with van der Waals surface area (Å²) < 4.78 is 0.943. The van der Waals surface area contributed by atoms with Gasteiger partial charge in [0.25, 0.3) is 0 Å². The molecule has 0 aromatic heterocycles. The largest absolute Gasteiger partial charge is 0.311 e. The summed E-state index contributed by atoms with van der Waals surface area (Å²) in [4.78, 5) is 13.6. The lowest BCUT2D eigenvalue weighted by molar-refractivity contribution is -0.117. The molecule has 1 aromatic carbocycles. The Hall–Kier alpha value is -0.250. The molecule has 0 spiro atoms. The number of carbonyl (C=O) groups excluding carboxylic acids is 1. The van der Waals surface area contributed by atoms with Gasteiger partial charge < -0.3 is 4.90 Å². The van der Waals surface area contributed by atoms with Crippen LogP contribution in [0.25, 0.3) is 0 Å². The first-order valence-corrected chi connectivity index (χ1v) is 6.67. The van der Waals surface area contributed by atoms with Crippen LogP contribution in [0.2, 0.25) is 0 Å². The van der Waals surface area contributed by atoms with E-state index in [2.05, 4.69) is 15.9 Å². The minimum absolute atomic E-state index is 0.0230. The van der Waals surface area contributed by atoms with Crippen LogP contribution in [0.15, 0.2) is 28.7 Å². The second-order valence-corrected chi connectivity index (χ2v) is 5.44. The highest BCUT2D eigenvalue weighted by Crippen LogP contribution is 2.30. The number of nitrogens with zero attached hydrogens (tertiary/aromatic N) is 1. The Kier molecular flexibility index (Phi) is 3.77. The fourth-order valence-electron chi connectivity index (χ4n) is 1.77. The van der Waals surface area contributed by atoms with E-state index in [4.69, 9.17) is 23.2 Å². The number of halogens is 3. The molecular formula is C11H10BrCl2NO. The fraction of sp³-hybridized carbons (Fsp3) is 0.364. The topological polar surface area (TPSA) is 20.3 Å². The molecule has 0 radical (unpaired) electrons. The zero-order chi connectivity index (χ0) is 11.7. The average Bonchev–Trinajstić information content (AvgIpc) is 2.56. The van der Waals surface area contributed by atoms with Crippen LogP contribution in [0.5, 0.6) is 0 Å². The lowest BCUT2D eigenvalue weighted by Gasteiger charge is -2.16. The molecule has 1 saturated heterocycles. The highest BCUT2D eigenvalue weighted by molar-refractivity contribution is 9.10. The maximum absolute atomic E-state index is 11.9. The molecule has 0 bridgehead atoms.